The molecule has 1 atom stereocenters. The quantitative estimate of drug-likeness (QED) is 0.723. The van der Waals surface area contributed by atoms with E-state index in [0.717, 1.165) is 16.6 Å². The number of hydrogen-bond donors (Lipinski definition) is 2. The Balaban J connectivity index is 1.82. The Labute approximate surface area is 143 Å². The van der Waals surface area contributed by atoms with E-state index in [1.807, 2.05) is 32.0 Å². The Hall–Kier alpha value is -2.04. The number of carbonyl (C=O) groups excluding carboxylic acids is 1. The van der Waals surface area contributed by atoms with Crippen molar-refractivity contribution in [2.45, 2.75) is 19.9 Å². The molecule has 3 rings (SSSR count). The summed E-state index contributed by atoms with van der Waals surface area (Å²) >= 11 is 11.9. The van der Waals surface area contributed by atoms with Crippen LogP contribution in [0.5, 0.6) is 0 Å². The molecular formula is C17H15Cl2N3O. The molecular weight excluding hydrogens is 333 g/mol. The normalized spacial score (nSPS) is 12.3. The van der Waals surface area contributed by atoms with E-state index in [0.29, 0.717) is 21.4 Å². The number of halogens is 2. The number of carbonyl (C=O) groups is 1. The van der Waals surface area contributed by atoms with Crippen molar-refractivity contribution in [2.75, 3.05) is 0 Å². The third-order valence-corrected chi connectivity index (χ3v) is 4.14. The number of nitrogens with one attached hydrogen (secondary N) is 2. The number of aromatic nitrogens is 2. The molecule has 0 aliphatic heterocycles. The summed E-state index contributed by atoms with van der Waals surface area (Å²) in [5.41, 5.74) is 3.36. The highest BCUT2D eigenvalue weighted by Gasteiger charge is 2.17. The highest BCUT2D eigenvalue weighted by atomic mass is 35.5. The van der Waals surface area contributed by atoms with Crippen LogP contribution < -0.4 is 5.32 Å². The van der Waals surface area contributed by atoms with Crippen LogP contribution in [0.15, 0.2) is 36.4 Å². The minimum absolute atomic E-state index is 0.268. The summed E-state index contributed by atoms with van der Waals surface area (Å²) in [4.78, 5) is 20.1. The largest absolute Gasteiger partial charge is 0.342 e. The Morgan fingerprint density at radius 3 is 2.74 bits per heavy atom. The predicted molar refractivity (Wildman–Crippen MR) is 93.2 cm³/mol. The summed E-state index contributed by atoms with van der Waals surface area (Å²) in [6.45, 7) is 3.89. The lowest BCUT2D eigenvalue weighted by Crippen LogP contribution is -2.27. The van der Waals surface area contributed by atoms with Crippen molar-refractivity contribution >= 4 is 40.1 Å². The first-order chi connectivity index (χ1) is 10.9. The number of nitrogens with zero attached hydrogens (tertiary/aromatic N) is 1. The van der Waals surface area contributed by atoms with Crippen molar-refractivity contribution in [3.05, 3.63) is 63.4 Å². The molecule has 0 aliphatic rings. The van der Waals surface area contributed by atoms with Gasteiger partial charge in [0, 0.05) is 5.02 Å². The lowest BCUT2D eigenvalue weighted by atomic mass is 10.2. The minimum Gasteiger partial charge on any atom is -0.342 e. The Morgan fingerprint density at radius 1 is 1.22 bits per heavy atom. The van der Waals surface area contributed by atoms with Gasteiger partial charge in [0.1, 0.15) is 5.82 Å². The van der Waals surface area contributed by atoms with Crippen LogP contribution in [-0.4, -0.2) is 15.9 Å². The number of hydrogen-bond acceptors (Lipinski definition) is 2. The first kappa shape index (κ1) is 15.8. The summed E-state index contributed by atoms with van der Waals surface area (Å²) in [6.07, 6.45) is 0. The van der Waals surface area contributed by atoms with Gasteiger partial charge in [0.15, 0.2) is 0 Å². The molecule has 1 amide bonds. The van der Waals surface area contributed by atoms with E-state index in [9.17, 15) is 4.79 Å². The smallest absolute Gasteiger partial charge is 0.253 e. The molecule has 23 heavy (non-hydrogen) atoms. The number of aromatic amines is 1. The second kappa shape index (κ2) is 6.22. The summed E-state index contributed by atoms with van der Waals surface area (Å²) in [5, 5.41) is 3.70. The van der Waals surface area contributed by atoms with E-state index in [4.69, 9.17) is 23.2 Å². The van der Waals surface area contributed by atoms with Crippen LogP contribution in [0.25, 0.3) is 11.0 Å². The fraction of sp³-hybridized carbons (Fsp3) is 0.176. The van der Waals surface area contributed by atoms with Gasteiger partial charge in [0.05, 0.1) is 27.7 Å². The SMILES string of the molecule is Cc1ccc2nc([C@H](C)NC(=O)c3ccc(Cl)cc3Cl)[nH]c2c1. The zero-order valence-corrected chi connectivity index (χ0v) is 14.2. The number of aryl methyl sites for hydroxylation is 1. The summed E-state index contributed by atoms with van der Waals surface area (Å²) in [6, 6.07) is 10.5. The second-order valence-corrected chi connectivity index (χ2v) is 6.31. The van der Waals surface area contributed by atoms with Gasteiger partial charge in [-0.05, 0) is 49.7 Å². The Morgan fingerprint density at radius 2 is 2.00 bits per heavy atom. The van der Waals surface area contributed by atoms with E-state index in [1.165, 1.54) is 0 Å². The minimum atomic E-state index is -0.276. The van der Waals surface area contributed by atoms with Gasteiger partial charge >= 0.3 is 0 Å². The molecule has 1 aromatic heterocycles. The van der Waals surface area contributed by atoms with Crippen LogP contribution in [0.4, 0.5) is 0 Å². The lowest BCUT2D eigenvalue weighted by molar-refractivity contribution is 0.0938. The lowest BCUT2D eigenvalue weighted by Gasteiger charge is -2.12. The molecule has 0 spiro atoms. The molecule has 0 saturated heterocycles. The molecule has 0 radical (unpaired) electrons. The van der Waals surface area contributed by atoms with Gasteiger partial charge in [0.25, 0.3) is 5.91 Å². The van der Waals surface area contributed by atoms with Crippen LogP contribution in [0.3, 0.4) is 0 Å². The molecule has 0 bridgehead atoms. The molecule has 2 aromatic carbocycles. The van der Waals surface area contributed by atoms with Crippen LogP contribution in [0.1, 0.15) is 34.7 Å². The standard InChI is InChI=1S/C17H15Cl2N3O/c1-9-3-6-14-15(7-9)22-16(21-14)10(2)20-17(23)12-5-4-11(18)8-13(12)19/h3-8,10H,1-2H3,(H,20,23)(H,21,22)/t10-/m0/s1. The van der Waals surface area contributed by atoms with Crippen molar-refractivity contribution in [1.82, 2.24) is 15.3 Å². The van der Waals surface area contributed by atoms with Gasteiger partial charge in [0.2, 0.25) is 0 Å². The zero-order valence-electron chi connectivity index (χ0n) is 12.7. The fourth-order valence-electron chi connectivity index (χ4n) is 2.36. The highest BCUT2D eigenvalue weighted by Crippen LogP contribution is 2.22. The molecule has 0 saturated carbocycles. The van der Waals surface area contributed by atoms with Crippen molar-refractivity contribution in [3.63, 3.8) is 0 Å². The maximum atomic E-state index is 12.3. The zero-order chi connectivity index (χ0) is 16.6. The van der Waals surface area contributed by atoms with E-state index in [1.54, 1.807) is 18.2 Å². The van der Waals surface area contributed by atoms with E-state index < -0.39 is 0 Å². The molecule has 0 aliphatic carbocycles. The van der Waals surface area contributed by atoms with E-state index >= 15 is 0 Å². The average Bonchev–Trinajstić information content (AvgIpc) is 2.90. The maximum Gasteiger partial charge on any atom is 0.253 e. The van der Waals surface area contributed by atoms with Gasteiger partial charge in [-0.2, -0.15) is 0 Å². The maximum absolute atomic E-state index is 12.3. The van der Waals surface area contributed by atoms with Crippen molar-refractivity contribution in [3.8, 4) is 0 Å². The summed E-state index contributed by atoms with van der Waals surface area (Å²) < 4.78 is 0. The Kier molecular flexibility index (Phi) is 4.28. The van der Waals surface area contributed by atoms with E-state index in [2.05, 4.69) is 15.3 Å². The van der Waals surface area contributed by atoms with Gasteiger partial charge in [-0.3, -0.25) is 4.79 Å². The monoisotopic (exact) mass is 347 g/mol. The van der Waals surface area contributed by atoms with Crippen molar-refractivity contribution in [2.24, 2.45) is 0 Å². The Bertz CT molecular complexity index is 889. The van der Waals surface area contributed by atoms with Gasteiger partial charge in [-0.25, -0.2) is 4.98 Å². The summed E-state index contributed by atoms with van der Waals surface area (Å²) in [5.74, 6) is 0.430. The molecule has 3 aromatic rings. The summed E-state index contributed by atoms with van der Waals surface area (Å²) in [7, 11) is 0. The number of benzene rings is 2. The van der Waals surface area contributed by atoms with E-state index in [-0.39, 0.29) is 11.9 Å². The molecule has 0 fully saturated rings. The van der Waals surface area contributed by atoms with Crippen LogP contribution in [0.2, 0.25) is 10.0 Å². The first-order valence-corrected chi connectivity index (χ1v) is 7.92. The predicted octanol–water partition coefficient (Wildman–Crippen LogP) is 4.67. The van der Waals surface area contributed by atoms with Gasteiger partial charge in [-0.1, -0.05) is 29.3 Å². The van der Waals surface area contributed by atoms with Gasteiger partial charge in [-0.15, -0.1) is 0 Å². The second-order valence-electron chi connectivity index (χ2n) is 5.46. The molecule has 118 valence electrons. The number of H-pyrrole nitrogens is 1. The molecule has 0 unspecified atom stereocenters. The molecule has 2 N–H and O–H groups in total. The highest BCUT2D eigenvalue weighted by molar-refractivity contribution is 6.36. The topological polar surface area (TPSA) is 57.8 Å². The number of amides is 1. The average molecular weight is 348 g/mol. The fourth-order valence-corrected chi connectivity index (χ4v) is 2.86. The molecule has 4 nitrogen and oxygen atoms in total. The first-order valence-electron chi connectivity index (χ1n) is 7.16. The number of rotatable bonds is 3. The third kappa shape index (κ3) is 3.33. The molecule has 1 heterocycles. The van der Waals surface area contributed by atoms with Crippen LogP contribution in [0, 0.1) is 6.92 Å². The molecule has 6 heteroatoms. The van der Waals surface area contributed by atoms with Crippen LogP contribution >= 0.6 is 23.2 Å². The van der Waals surface area contributed by atoms with Crippen molar-refractivity contribution in [1.29, 1.82) is 0 Å². The third-order valence-electron chi connectivity index (χ3n) is 3.59. The van der Waals surface area contributed by atoms with Crippen LogP contribution in [-0.2, 0) is 0 Å². The van der Waals surface area contributed by atoms with Crippen molar-refractivity contribution < 1.29 is 4.79 Å². The number of imidazole rings is 1. The number of fused-ring (bicyclic) bond motifs is 1. The van der Waals surface area contributed by atoms with Gasteiger partial charge < -0.3 is 10.3 Å².